The lowest BCUT2D eigenvalue weighted by Crippen LogP contribution is -2.31. The van der Waals surface area contributed by atoms with Crippen molar-refractivity contribution in [2.24, 2.45) is 11.8 Å². The Morgan fingerprint density at radius 2 is 1.89 bits per heavy atom. The van der Waals surface area contributed by atoms with Crippen LogP contribution in [0.5, 0.6) is 0 Å². The molecule has 0 aliphatic heterocycles. The monoisotopic (exact) mass is 370 g/mol. The highest BCUT2D eigenvalue weighted by molar-refractivity contribution is 7.26. The van der Waals surface area contributed by atoms with Gasteiger partial charge in [0.1, 0.15) is 0 Å². The molecule has 0 bridgehead atoms. The maximum atomic E-state index is 2.49. The zero-order valence-electron chi connectivity index (χ0n) is 16.1. The summed E-state index contributed by atoms with van der Waals surface area (Å²) in [6.07, 6.45) is 15.5. The van der Waals surface area contributed by atoms with Gasteiger partial charge in [-0.15, -0.1) is 11.3 Å². The van der Waals surface area contributed by atoms with Crippen LogP contribution in [0.25, 0.3) is 20.2 Å². The van der Waals surface area contributed by atoms with Gasteiger partial charge in [0.2, 0.25) is 0 Å². The van der Waals surface area contributed by atoms with Crippen LogP contribution in [-0.4, -0.2) is 0 Å². The molecule has 2 aromatic carbocycles. The first kappa shape index (κ1) is 17.0. The van der Waals surface area contributed by atoms with Gasteiger partial charge in [0.05, 0.1) is 0 Å². The molecule has 0 amide bonds. The zero-order chi connectivity index (χ0) is 18.4. The van der Waals surface area contributed by atoms with Gasteiger partial charge in [-0.05, 0) is 42.7 Å². The highest BCUT2D eigenvalue weighted by atomic mass is 32.1. The van der Waals surface area contributed by atoms with Crippen molar-refractivity contribution in [2.75, 3.05) is 0 Å². The second-order valence-corrected chi connectivity index (χ2v) is 9.49. The molecule has 0 spiro atoms. The van der Waals surface area contributed by atoms with Crippen molar-refractivity contribution in [2.45, 2.75) is 38.5 Å². The second-order valence-electron chi connectivity index (χ2n) is 8.44. The van der Waals surface area contributed by atoms with Crippen LogP contribution in [0.15, 0.2) is 78.4 Å². The Hall–Kier alpha value is -2.12. The van der Waals surface area contributed by atoms with Gasteiger partial charge >= 0.3 is 0 Å². The lowest BCUT2D eigenvalue weighted by molar-refractivity contribution is 0.341. The number of rotatable bonds is 2. The van der Waals surface area contributed by atoms with E-state index in [0.717, 1.165) is 0 Å². The Bertz CT molecular complexity index is 1090. The minimum absolute atomic E-state index is 0.0968. The Kier molecular flexibility index (Phi) is 4.09. The number of fused-ring (bicyclic) bond motifs is 3. The van der Waals surface area contributed by atoms with Crippen LogP contribution in [0.1, 0.15) is 38.7 Å². The van der Waals surface area contributed by atoms with Crippen molar-refractivity contribution in [1.82, 2.24) is 0 Å². The first-order valence-electron chi connectivity index (χ1n) is 10.1. The molecule has 0 fully saturated rings. The van der Waals surface area contributed by atoms with E-state index in [1.165, 1.54) is 45.0 Å². The van der Waals surface area contributed by atoms with E-state index in [-0.39, 0.29) is 5.41 Å². The summed E-state index contributed by atoms with van der Waals surface area (Å²) in [7, 11) is 0. The van der Waals surface area contributed by atoms with Gasteiger partial charge in [-0.3, -0.25) is 0 Å². The molecule has 5 rings (SSSR count). The van der Waals surface area contributed by atoms with E-state index in [0.29, 0.717) is 11.8 Å². The SMILES string of the molecule is CC1C=CC(C)(c2cccc3c2sc2ccccc23)CC1C1=CC=CCC1. The molecule has 1 heterocycles. The molecule has 3 atom stereocenters. The lowest BCUT2D eigenvalue weighted by atomic mass is 9.65. The molecule has 0 N–H and O–H groups in total. The van der Waals surface area contributed by atoms with Crippen LogP contribution in [0.2, 0.25) is 0 Å². The average Bonchev–Trinajstić information content (AvgIpc) is 3.09. The minimum atomic E-state index is 0.0968. The largest absolute Gasteiger partial charge is 0.135 e. The van der Waals surface area contributed by atoms with Gasteiger partial charge < -0.3 is 0 Å². The summed E-state index contributed by atoms with van der Waals surface area (Å²) in [5.41, 5.74) is 3.24. The first-order valence-corrected chi connectivity index (χ1v) is 10.9. The van der Waals surface area contributed by atoms with Crippen LogP contribution in [0.3, 0.4) is 0 Å². The molecule has 1 aromatic heterocycles. The smallest absolute Gasteiger partial charge is 0.0396 e. The summed E-state index contributed by atoms with van der Waals surface area (Å²) in [6, 6.07) is 15.7. The highest BCUT2D eigenvalue weighted by Crippen LogP contribution is 2.48. The molecular formula is C26H26S. The number of hydrogen-bond donors (Lipinski definition) is 0. The van der Waals surface area contributed by atoms with Crippen LogP contribution in [0, 0.1) is 11.8 Å². The van der Waals surface area contributed by atoms with E-state index < -0.39 is 0 Å². The van der Waals surface area contributed by atoms with Gasteiger partial charge in [0.25, 0.3) is 0 Å². The molecule has 3 aromatic rings. The fourth-order valence-electron chi connectivity index (χ4n) is 5.00. The summed E-state index contributed by atoms with van der Waals surface area (Å²) in [5, 5.41) is 2.81. The van der Waals surface area contributed by atoms with Crippen molar-refractivity contribution in [3.05, 3.63) is 84.0 Å². The van der Waals surface area contributed by atoms with Crippen molar-refractivity contribution in [3.63, 3.8) is 0 Å². The van der Waals surface area contributed by atoms with E-state index in [1.54, 1.807) is 5.57 Å². The Morgan fingerprint density at radius 1 is 1.04 bits per heavy atom. The molecule has 0 saturated heterocycles. The molecule has 0 radical (unpaired) electrons. The van der Waals surface area contributed by atoms with Crippen LogP contribution >= 0.6 is 11.3 Å². The van der Waals surface area contributed by atoms with Crippen molar-refractivity contribution in [3.8, 4) is 0 Å². The van der Waals surface area contributed by atoms with Crippen LogP contribution in [0.4, 0.5) is 0 Å². The number of hydrogen-bond acceptors (Lipinski definition) is 1. The van der Waals surface area contributed by atoms with Crippen molar-refractivity contribution >= 4 is 31.5 Å². The Morgan fingerprint density at radius 3 is 2.74 bits per heavy atom. The van der Waals surface area contributed by atoms with E-state index >= 15 is 0 Å². The fraction of sp³-hybridized carbons (Fsp3) is 0.308. The third-order valence-corrected chi connectivity index (χ3v) is 7.81. The molecule has 0 saturated carbocycles. The zero-order valence-corrected chi connectivity index (χ0v) is 16.9. The third kappa shape index (κ3) is 2.80. The predicted molar refractivity (Wildman–Crippen MR) is 120 cm³/mol. The maximum Gasteiger partial charge on any atom is 0.0396 e. The van der Waals surface area contributed by atoms with Gasteiger partial charge in [-0.25, -0.2) is 0 Å². The molecular weight excluding hydrogens is 344 g/mol. The van der Waals surface area contributed by atoms with Gasteiger partial charge in [0.15, 0.2) is 0 Å². The molecule has 2 aliphatic carbocycles. The topological polar surface area (TPSA) is 0 Å². The Labute approximate surface area is 165 Å². The molecule has 2 aliphatic rings. The molecule has 0 nitrogen and oxygen atoms in total. The maximum absolute atomic E-state index is 2.49. The van der Waals surface area contributed by atoms with E-state index in [1.807, 2.05) is 11.3 Å². The third-order valence-electron chi connectivity index (χ3n) is 6.59. The molecule has 27 heavy (non-hydrogen) atoms. The van der Waals surface area contributed by atoms with Gasteiger partial charge in [0, 0.05) is 25.6 Å². The standard InChI is InChI=1S/C26H26S/c1-18-15-16-26(2,17-22(18)19-9-4-3-5-10-19)23-13-8-12-21-20-11-6-7-14-24(20)27-25(21)23/h3-4,6-9,11-16,18,22H,5,10,17H2,1-2H3. The van der Waals surface area contributed by atoms with E-state index in [9.17, 15) is 0 Å². The van der Waals surface area contributed by atoms with E-state index in [4.69, 9.17) is 0 Å². The summed E-state index contributed by atoms with van der Waals surface area (Å²) in [6.45, 7) is 4.83. The van der Waals surface area contributed by atoms with Crippen molar-refractivity contribution < 1.29 is 0 Å². The number of thiophene rings is 1. The summed E-state index contributed by atoms with van der Waals surface area (Å²) in [4.78, 5) is 0. The minimum Gasteiger partial charge on any atom is -0.135 e. The van der Waals surface area contributed by atoms with E-state index in [2.05, 4.69) is 86.7 Å². The van der Waals surface area contributed by atoms with Crippen molar-refractivity contribution in [1.29, 1.82) is 0 Å². The van der Waals surface area contributed by atoms with Gasteiger partial charge in [-0.1, -0.05) is 86.2 Å². The summed E-state index contributed by atoms with van der Waals surface area (Å²) >= 11 is 1.96. The first-order chi connectivity index (χ1) is 13.2. The number of allylic oxidation sites excluding steroid dienone is 6. The fourth-order valence-corrected chi connectivity index (χ4v) is 6.36. The highest BCUT2D eigenvalue weighted by Gasteiger charge is 2.36. The molecule has 136 valence electrons. The second kappa shape index (κ2) is 6.49. The Balaban J connectivity index is 1.64. The normalized spacial score (nSPS) is 28.0. The molecule has 1 heteroatoms. The predicted octanol–water partition coefficient (Wildman–Crippen LogP) is 7.80. The summed E-state index contributed by atoms with van der Waals surface area (Å²) in [5.74, 6) is 1.27. The molecule has 3 unspecified atom stereocenters. The number of benzene rings is 2. The summed E-state index contributed by atoms with van der Waals surface area (Å²) < 4.78 is 2.87. The van der Waals surface area contributed by atoms with Gasteiger partial charge in [-0.2, -0.15) is 0 Å². The van der Waals surface area contributed by atoms with Crippen LogP contribution < -0.4 is 0 Å². The lowest BCUT2D eigenvalue weighted by Gasteiger charge is -2.39. The average molecular weight is 371 g/mol. The van der Waals surface area contributed by atoms with Crippen LogP contribution in [-0.2, 0) is 5.41 Å². The quantitative estimate of drug-likeness (QED) is 0.404.